The first-order valence-electron chi connectivity index (χ1n) is 9.18. The highest BCUT2D eigenvalue weighted by Crippen LogP contribution is 2.29. The van der Waals surface area contributed by atoms with Crippen molar-refractivity contribution in [3.8, 4) is 11.3 Å². The van der Waals surface area contributed by atoms with Crippen LogP contribution in [0.5, 0.6) is 0 Å². The van der Waals surface area contributed by atoms with Gasteiger partial charge in [-0.15, -0.1) is 0 Å². The van der Waals surface area contributed by atoms with Crippen LogP contribution in [0.1, 0.15) is 11.1 Å². The van der Waals surface area contributed by atoms with Crippen molar-refractivity contribution in [3.05, 3.63) is 89.3 Å². The maximum Gasteiger partial charge on any atom is 0.210 e. The minimum absolute atomic E-state index is 0.758. The monoisotopic (exact) mass is 382 g/mol. The van der Waals surface area contributed by atoms with Crippen molar-refractivity contribution >= 4 is 37.7 Å². The Hall–Kier alpha value is -3.24. The standard InChI is InChI=1S/C24H18N2OS/c1-15-9-11-21-18(12-15)20(14-22(27-21)17-6-4-3-5-7-17)26-24-25-19-10-8-16(2)13-23(19)28-24/h3-14H,1-2H3/b26-20+. The number of thiazole rings is 1. The minimum Gasteiger partial charge on any atom is -0.456 e. The summed E-state index contributed by atoms with van der Waals surface area (Å²) < 4.78 is 7.33. The van der Waals surface area contributed by atoms with E-state index in [9.17, 15) is 0 Å². The topological polar surface area (TPSA) is 38.4 Å². The molecule has 28 heavy (non-hydrogen) atoms. The van der Waals surface area contributed by atoms with Gasteiger partial charge in [-0.25, -0.2) is 9.98 Å². The summed E-state index contributed by atoms with van der Waals surface area (Å²) in [6, 6.07) is 24.6. The van der Waals surface area contributed by atoms with Gasteiger partial charge in [0, 0.05) is 17.0 Å². The molecule has 2 aromatic heterocycles. The molecule has 0 N–H and O–H groups in total. The van der Waals surface area contributed by atoms with E-state index in [1.54, 1.807) is 11.3 Å². The number of rotatable bonds is 2. The van der Waals surface area contributed by atoms with Gasteiger partial charge in [0.15, 0.2) is 0 Å². The molecular formula is C24H18N2OS. The Balaban J connectivity index is 1.78. The van der Waals surface area contributed by atoms with E-state index in [1.807, 2.05) is 42.5 Å². The third-order valence-corrected chi connectivity index (χ3v) is 5.62. The normalized spacial score (nSPS) is 12.1. The van der Waals surface area contributed by atoms with Gasteiger partial charge in [0.1, 0.15) is 11.3 Å². The van der Waals surface area contributed by atoms with E-state index in [0.29, 0.717) is 0 Å². The first-order chi connectivity index (χ1) is 13.7. The number of aryl methyl sites for hydroxylation is 2. The summed E-state index contributed by atoms with van der Waals surface area (Å²) in [5.41, 5.74) is 5.24. The fraction of sp³-hybridized carbons (Fsp3) is 0.0833. The summed E-state index contributed by atoms with van der Waals surface area (Å²) >= 11 is 1.61. The van der Waals surface area contributed by atoms with Gasteiger partial charge in [-0.1, -0.05) is 59.4 Å². The van der Waals surface area contributed by atoms with Crippen LogP contribution in [0.4, 0.5) is 5.13 Å². The van der Waals surface area contributed by atoms with Gasteiger partial charge in [-0.3, -0.25) is 0 Å². The number of nitrogens with zero attached hydrogens (tertiary/aromatic N) is 2. The minimum atomic E-state index is 0.758. The van der Waals surface area contributed by atoms with Gasteiger partial charge in [-0.05, 0) is 43.7 Å². The number of aromatic nitrogens is 1. The van der Waals surface area contributed by atoms with Crippen molar-refractivity contribution in [2.45, 2.75) is 13.8 Å². The average Bonchev–Trinajstić information content (AvgIpc) is 3.10. The second kappa shape index (κ2) is 6.73. The van der Waals surface area contributed by atoms with Crippen LogP contribution in [0.3, 0.4) is 0 Å². The summed E-state index contributed by atoms with van der Waals surface area (Å²) in [7, 11) is 0. The molecule has 0 saturated heterocycles. The number of fused-ring (bicyclic) bond motifs is 2. The molecule has 0 aliphatic rings. The van der Waals surface area contributed by atoms with E-state index in [0.717, 1.165) is 43.0 Å². The van der Waals surface area contributed by atoms with Gasteiger partial charge < -0.3 is 4.42 Å². The summed E-state index contributed by atoms with van der Waals surface area (Å²) in [5.74, 6) is 0.799. The Bertz CT molecular complexity index is 1380. The van der Waals surface area contributed by atoms with Crippen molar-refractivity contribution in [2.75, 3.05) is 0 Å². The highest BCUT2D eigenvalue weighted by atomic mass is 32.1. The van der Waals surface area contributed by atoms with Crippen LogP contribution in [-0.2, 0) is 0 Å². The Morgan fingerprint density at radius 1 is 0.857 bits per heavy atom. The van der Waals surface area contributed by atoms with Crippen LogP contribution in [-0.4, -0.2) is 4.98 Å². The molecule has 3 nitrogen and oxygen atoms in total. The van der Waals surface area contributed by atoms with Crippen LogP contribution in [0, 0.1) is 13.8 Å². The van der Waals surface area contributed by atoms with E-state index >= 15 is 0 Å². The molecule has 0 amide bonds. The van der Waals surface area contributed by atoms with E-state index in [2.05, 4.69) is 44.2 Å². The Morgan fingerprint density at radius 2 is 1.64 bits per heavy atom. The van der Waals surface area contributed by atoms with Gasteiger partial charge >= 0.3 is 0 Å². The predicted molar refractivity (Wildman–Crippen MR) is 116 cm³/mol. The lowest BCUT2D eigenvalue weighted by Gasteiger charge is -2.05. The molecular weight excluding hydrogens is 364 g/mol. The lowest BCUT2D eigenvalue weighted by atomic mass is 10.1. The molecule has 0 bridgehead atoms. The molecule has 0 radical (unpaired) electrons. The van der Waals surface area contributed by atoms with Crippen LogP contribution in [0.15, 0.2) is 82.2 Å². The van der Waals surface area contributed by atoms with Crippen molar-refractivity contribution in [1.29, 1.82) is 0 Å². The molecule has 5 rings (SSSR count). The second-order valence-corrected chi connectivity index (χ2v) is 7.95. The lowest BCUT2D eigenvalue weighted by Crippen LogP contribution is -2.03. The third kappa shape index (κ3) is 3.12. The fourth-order valence-electron chi connectivity index (χ4n) is 3.29. The predicted octanol–water partition coefficient (Wildman–Crippen LogP) is 6.56. The summed E-state index contributed by atoms with van der Waals surface area (Å²) in [4.78, 5) is 9.61. The summed E-state index contributed by atoms with van der Waals surface area (Å²) in [5, 5.41) is 2.63. The summed E-state index contributed by atoms with van der Waals surface area (Å²) in [6.07, 6.45) is 0. The van der Waals surface area contributed by atoms with E-state index in [-0.39, 0.29) is 0 Å². The van der Waals surface area contributed by atoms with Crippen LogP contribution in [0.2, 0.25) is 0 Å². The maximum atomic E-state index is 6.18. The number of hydrogen-bond acceptors (Lipinski definition) is 4. The molecule has 0 aliphatic heterocycles. The molecule has 0 saturated carbocycles. The zero-order valence-electron chi connectivity index (χ0n) is 15.6. The van der Waals surface area contributed by atoms with Gasteiger partial charge in [0.05, 0.1) is 15.6 Å². The van der Waals surface area contributed by atoms with Crippen LogP contribution >= 0.6 is 11.3 Å². The molecule has 2 heterocycles. The molecule has 136 valence electrons. The highest BCUT2D eigenvalue weighted by molar-refractivity contribution is 7.21. The van der Waals surface area contributed by atoms with E-state index in [1.165, 1.54) is 11.1 Å². The number of benzene rings is 3. The Labute approximate surface area is 166 Å². The van der Waals surface area contributed by atoms with Gasteiger partial charge in [0.25, 0.3) is 0 Å². The largest absolute Gasteiger partial charge is 0.456 e. The first kappa shape index (κ1) is 16.9. The van der Waals surface area contributed by atoms with Crippen LogP contribution < -0.4 is 5.36 Å². The second-order valence-electron chi connectivity index (χ2n) is 6.94. The molecule has 0 atom stereocenters. The SMILES string of the molecule is Cc1ccc2nc(/N=c3\cc(-c4ccccc4)oc4ccc(C)cc34)sc2c1. The zero-order chi connectivity index (χ0) is 19.1. The van der Waals surface area contributed by atoms with Crippen molar-refractivity contribution in [3.63, 3.8) is 0 Å². The summed E-state index contributed by atoms with van der Waals surface area (Å²) in [6.45, 7) is 4.17. The van der Waals surface area contributed by atoms with E-state index in [4.69, 9.17) is 14.4 Å². The Kier molecular flexibility index (Phi) is 4.06. The van der Waals surface area contributed by atoms with Gasteiger partial charge in [-0.2, -0.15) is 0 Å². The molecule has 3 aromatic carbocycles. The van der Waals surface area contributed by atoms with E-state index < -0.39 is 0 Å². The maximum absolute atomic E-state index is 6.18. The first-order valence-corrected chi connectivity index (χ1v) is 9.99. The fourth-order valence-corrected chi connectivity index (χ4v) is 4.24. The molecule has 5 aromatic rings. The van der Waals surface area contributed by atoms with Gasteiger partial charge in [0.2, 0.25) is 5.13 Å². The number of hydrogen-bond donors (Lipinski definition) is 0. The smallest absolute Gasteiger partial charge is 0.210 e. The molecule has 0 unspecified atom stereocenters. The van der Waals surface area contributed by atoms with Crippen molar-refractivity contribution in [1.82, 2.24) is 4.98 Å². The zero-order valence-corrected chi connectivity index (χ0v) is 16.5. The third-order valence-electron chi connectivity index (χ3n) is 4.71. The van der Waals surface area contributed by atoms with Crippen LogP contribution in [0.25, 0.3) is 32.5 Å². The lowest BCUT2D eigenvalue weighted by molar-refractivity contribution is 0.618. The highest BCUT2D eigenvalue weighted by Gasteiger charge is 2.08. The van der Waals surface area contributed by atoms with Crippen molar-refractivity contribution in [2.24, 2.45) is 4.99 Å². The Morgan fingerprint density at radius 3 is 2.50 bits per heavy atom. The molecule has 4 heteroatoms. The average molecular weight is 382 g/mol. The van der Waals surface area contributed by atoms with Crippen molar-refractivity contribution < 1.29 is 4.42 Å². The molecule has 0 spiro atoms. The molecule has 0 aliphatic carbocycles. The molecule has 0 fully saturated rings. The quantitative estimate of drug-likeness (QED) is 0.347.